The van der Waals surface area contributed by atoms with Gasteiger partial charge >= 0.3 is 0 Å². The van der Waals surface area contributed by atoms with E-state index >= 15 is 0 Å². The fourth-order valence-electron chi connectivity index (χ4n) is 3.90. The van der Waals surface area contributed by atoms with Gasteiger partial charge in [-0.3, -0.25) is 4.98 Å². The number of ether oxygens (including phenoxy) is 1. The van der Waals surface area contributed by atoms with Gasteiger partial charge in [0, 0.05) is 17.1 Å². The fourth-order valence-corrected chi connectivity index (χ4v) is 3.90. The molecule has 0 saturated carbocycles. The summed E-state index contributed by atoms with van der Waals surface area (Å²) in [5, 5.41) is 2.43. The van der Waals surface area contributed by atoms with E-state index in [0.717, 1.165) is 17.1 Å². The number of aryl methyl sites for hydroxylation is 2. The van der Waals surface area contributed by atoms with E-state index in [1.54, 1.807) is 6.20 Å². The predicted molar refractivity (Wildman–Crippen MR) is 102 cm³/mol. The number of nitrogens with zero attached hydrogens (tertiary/aromatic N) is 1. The first-order chi connectivity index (χ1) is 12.2. The molecular weight excluding hydrogens is 306 g/mol. The van der Waals surface area contributed by atoms with Crippen molar-refractivity contribution >= 4 is 10.8 Å². The minimum Gasteiger partial charge on any atom is -0.454 e. The van der Waals surface area contributed by atoms with Crippen molar-refractivity contribution < 1.29 is 4.74 Å². The van der Waals surface area contributed by atoms with Crippen molar-refractivity contribution in [3.63, 3.8) is 0 Å². The Morgan fingerprint density at radius 2 is 1.64 bits per heavy atom. The highest BCUT2D eigenvalue weighted by atomic mass is 16.5. The van der Waals surface area contributed by atoms with Crippen LogP contribution in [0.5, 0.6) is 11.5 Å². The Morgan fingerprint density at radius 1 is 0.760 bits per heavy atom. The molecule has 2 nitrogen and oxygen atoms in total. The van der Waals surface area contributed by atoms with Gasteiger partial charge in [-0.15, -0.1) is 0 Å². The lowest BCUT2D eigenvalue weighted by atomic mass is 9.86. The van der Waals surface area contributed by atoms with Gasteiger partial charge in [0.25, 0.3) is 0 Å². The maximum atomic E-state index is 6.15. The summed E-state index contributed by atoms with van der Waals surface area (Å²) in [5.41, 5.74) is 7.47. The molecule has 0 amide bonds. The Balaban J connectivity index is 1.94. The van der Waals surface area contributed by atoms with E-state index in [-0.39, 0.29) is 0 Å². The molecular formula is C23H17NO. The molecule has 0 bridgehead atoms. The summed E-state index contributed by atoms with van der Waals surface area (Å²) in [4.78, 5) is 4.21. The summed E-state index contributed by atoms with van der Waals surface area (Å²) in [6, 6.07) is 19.2. The first-order valence-corrected chi connectivity index (χ1v) is 8.48. The molecule has 0 fully saturated rings. The summed E-state index contributed by atoms with van der Waals surface area (Å²) >= 11 is 0. The lowest BCUT2D eigenvalue weighted by molar-refractivity contribution is 0.484. The molecule has 0 aliphatic carbocycles. The Kier molecular flexibility index (Phi) is 2.95. The van der Waals surface area contributed by atoms with E-state index in [1.165, 1.54) is 38.6 Å². The van der Waals surface area contributed by atoms with Crippen LogP contribution in [0.2, 0.25) is 0 Å². The Hall–Kier alpha value is -3.13. The van der Waals surface area contributed by atoms with E-state index < -0.39 is 0 Å². The number of fused-ring (bicyclic) bond motifs is 2. The first kappa shape index (κ1) is 14.2. The zero-order chi connectivity index (χ0) is 17.0. The summed E-state index contributed by atoms with van der Waals surface area (Å²) in [5.74, 6) is 1.73. The molecule has 2 heteroatoms. The maximum absolute atomic E-state index is 6.15. The number of pyridine rings is 1. The van der Waals surface area contributed by atoms with Crippen LogP contribution in [0, 0.1) is 13.8 Å². The number of benzene rings is 3. The van der Waals surface area contributed by atoms with Gasteiger partial charge in [-0.05, 0) is 65.3 Å². The molecule has 4 aromatic rings. The zero-order valence-corrected chi connectivity index (χ0v) is 14.2. The second-order valence-electron chi connectivity index (χ2n) is 6.58. The summed E-state index contributed by atoms with van der Waals surface area (Å²) in [7, 11) is 0. The van der Waals surface area contributed by atoms with Gasteiger partial charge in [0.05, 0.1) is 6.20 Å². The van der Waals surface area contributed by atoms with Crippen LogP contribution >= 0.6 is 0 Å². The lowest BCUT2D eigenvalue weighted by Gasteiger charge is -2.24. The van der Waals surface area contributed by atoms with Crippen molar-refractivity contribution in [3.05, 3.63) is 78.1 Å². The molecule has 0 radical (unpaired) electrons. The molecule has 0 spiro atoms. The third-order valence-corrected chi connectivity index (χ3v) is 5.03. The predicted octanol–water partition coefficient (Wildman–Crippen LogP) is 6.29. The van der Waals surface area contributed by atoms with Gasteiger partial charge in [-0.25, -0.2) is 0 Å². The van der Waals surface area contributed by atoms with Crippen LogP contribution < -0.4 is 4.74 Å². The van der Waals surface area contributed by atoms with Crippen molar-refractivity contribution in [2.75, 3.05) is 0 Å². The fraction of sp³-hybridized carbons (Fsp3) is 0.0870. The zero-order valence-electron chi connectivity index (χ0n) is 14.2. The molecule has 3 aromatic carbocycles. The third kappa shape index (κ3) is 2.01. The highest BCUT2D eigenvalue weighted by Gasteiger charge is 2.23. The van der Waals surface area contributed by atoms with Gasteiger partial charge in [-0.1, -0.05) is 36.4 Å². The monoisotopic (exact) mass is 323 g/mol. The highest BCUT2D eigenvalue weighted by molar-refractivity contribution is 6.11. The first-order valence-electron chi connectivity index (χ1n) is 8.48. The van der Waals surface area contributed by atoms with Crippen molar-refractivity contribution in [1.29, 1.82) is 0 Å². The summed E-state index contributed by atoms with van der Waals surface area (Å²) < 4.78 is 6.15. The third-order valence-electron chi connectivity index (χ3n) is 5.03. The van der Waals surface area contributed by atoms with Crippen LogP contribution in [0.1, 0.15) is 11.1 Å². The molecule has 1 aliphatic heterocycles. The normalized spacial score (nSPS) is 11.9. The van der Waals surface area contributed by atoms with E-state index in [1.807, 2.05) is 18.3 Å². The van der Waals surface area contributed by atoms with E-state index in [0.29, 0.717) is 0 Å². The molecule has 0 unspecified atom stereocenters. The smallest absolute Gasteiger partial charge is 0.153 e. The van der Waals surface area contributed by atoms with Crippen LogP contribution in [-0.4, -0.2) is 4.98 Å². The van der Waals surface area contributed by atoms with Crippen molar-refractivity contribution in [3.8, 4) is 33.8 Å². The van der Waals surface area contributed by atoms with Crippen LogP contribution in [-0.2, 0) is 0 Å². The van der Waals surface area contributed by atoms with Crippen molar-refractivity contribution in [2.45, 2.75) is 13.8 Å². The van der Waals surface area contributed by atoms with Crippen LogP contribution in [0.4, 0.5) is 0 Å². The minimum atomic E-state index is 0.825. The second-order valence-corrected chi connectivity index (χ2v) is 6.58. The van der Waals surface area contributed by atoms with Crippen molar-refractivity contribution in [1.82, 2.24) is 4.98 Å². The maximum Gasteiger partial charge on any atom is 0.153 e. The van der Waals surface area contributed by atoms with Crippen molar-refractivity contribution in [2.24, 2.45) is 0 Å². The van der Waals surface area contributed by atoms with E-state index in [9.17, 15) is 0 Å². The minimum absolute atomic E-state index is 0.825. The quantitative estimate of drug-likeness (QED) is 0.361. The molecule has 25 heavy (non-hydrogen) atoms. The van der Waals surface area contributed by atoms with Gasteiger partial charge < -0.3 is 4.74 Å². The Labute approximate surface area is 146 Å². The summed E-state index contributed by atoms with van der Waals surface area (Å²) in [6.07, 6.45) is 3.62. The van der Waals surface area contributed by atoms with Gasteiger partial charge in [-0.2, -0.15) is 0 Å². The molecule has 1 aliphatic rings. The van der Waals surface area contributed by atoms with Crippen LogP contribution in [0.15, 0.2) is 67.0 Å². The molecule has 1 aromatic heterocycles. The Bertz CT molecular complexity index is 1140. The number of aromatic nitrogens is 1. The largest absolute Gasteiger partial charge is 0.454 e. The van der Waals surface area contributed by atoms with E-state index in [4.69, 9.17) is 4.74 Å². The summed E-state index contributed by atoms with van der Waals surface area (Å²) in [6.45, 7) is 4.36. The number of hydrogen-bond acceptors (Lipinski definition) is 2. The topological polar surface area (TPSA) is 22.1 Å². The van der Waals surface area contributed by atoms with Crippen LogP contribution in [0.3, 0.4) is 0 Å². The highest BCUT2D eigenvalue weighted by Crippen LogP contribution is 2.49. The van der Waals surface area contributed by atoms with Gasteiger partial charge in [0.1, 0.15) is 5.75 Å². The standard InChI is InChI=1S/C23H17NO/c1-14-6-3-4-7-16(14)22-15(2)12-19-17-10-11-24-13-21(17)25-20-9-5-8-18(22)23(19)20/h3-13H,1-2H3. The Morgan fingerprint density at radius 3 is 2.52 bits per heavy atom. The van der Waals surface area contributed by atoms with E-state index in [2.05, 4.69) is 61.3 Å². The number of hydrogen-bond donors (Lipinski definition) is 0. The second kappa shape index (κ2) is 5.18. The lowest BCUT2D eigenvalue weighted by Crippen LogP contribution is -2.00. The van der Waals surface area contributed by atoms with Gasteiger partial charge in [0.15, 0.2) is 5.75 Å². The molecule has 0 saturated heterocycles. The molecule has 5 rings (SSSR count). The molecule has 2 heterocycles. The average Bonchev–Trinajstić information content (AvgIpc) is 2.63. The van der Waals surface area contributed by atoms with Crippen LogP contribution in [0.25, 0.3) is 33.0 Å². The SMILES string of the molecule is Cc1ccccc1-c1c(C)cc2c3c(cccc13)Oc1cnccc1-2. The van der Waals surface area contributed by atoms with Gasteiger partial charge in [0.2, 0.25) is 0 Å². The number of rotatable bonds is 1. The molecule has 120 valence electrons. The molecule has 0 atom stereocenters. The average molecular weight is 323 g/mol. The molecule has 0 N–H and O–H groups in total.